The molecule has 2 nitrogen and oxygen atoms in total. The number of hydrogen-bond acceptors (Lipinski definition) is 2. The van der Waals surface area contributed by atoms with E-state index in [0.29, 0.717) is 24.2 Å². The van der Waals surface area contributed by atoms with Gasteiger partial charge in [-0.15, -0.1) is 0 Å². The van der Waals surface area contributed by atoms with Gasteiger partial charge in [0.15, 0.2) is 0 Å². The molecular weight excluding hydrogens is 222 g/mol. The van der Waals surface area contributed by atoms with Gasteiger partial charge in [-0.1, -0.05) is 34.6 Å². The topological polar surface area (TPSA) is 44.0 Å². The zero-order valence-electron chi connectivity index (χ0n) is 12.7. The van der Waals surface area contributed by atoms with Crippen molar-refractivity contribution in [2.45, 2.75) is 78.7 Å². The first-order valence-corrected chi connectivity index (χ1v) is 7.38. The van der Waals surface area contributed by atoms with Gasteiger partial charge in [0, 0.05) is 0 Å². The molecule has 0 aromatic rings. The van der Waals surface area contributed by atoms with Crippen LogP contribution in [-0.4, -0.2) is 10.7 Å². The van der Waals surface area contributed by atoms with Gasteiger partial charge >= 0.3 is 0 Å². The van der Waals surface area contributed by atoms with E-state index in [0.717, 1.165) is 25.7 Å². The summed E-state index contributed by atoms with van der Waals surface area (Å²) in [7, 11) is 0. The predicted molar refractivity (Wildman–Crippen MR) is 75.0 cm³/mol. The fraction of sp³-hybridized carbons (Fsp3) is 0.938. The monoisotopic (exact) mass is 251 g/mol. The van der Waals surface area contributed by atoms with Crippen molar-refractivity contribution in [3.63, 3.8) is 0 Å². The Morgan fingerprint density at radius 2 is 1.61 bits per heavy atom. The van der Waals surface area contributed by atoms with Crippen molar-refractivity contribution in [2.24, 2.45) is 16.7 Å². The fourth-order valence-electron chi connectivity index (χ4n) is 3.58. The minimum absolute atomic E-state index is 0.318. The smallest absolute Gasteiger partial charge is 0.0860 e. The molecular formula is C16H29NO. The van der Waals surface area contributed by atoms with E-state index in [1.165, 1.54) is 0 Å². The third-order valence-electron chi connectivity index (χ3n) is 5.34. The van der Waals surface area contributed by atoms with Crippen LogP contribution in [0.15, 0.2) is 0 Å². The maximum atomic E-state index is 10.8. The Kier molecular flexibility index (Phi) is 4.49. The number of aliphatic hydroxyl groups is 1. The molecule has 0 radical (unpaired) electrons. The minimum atomic E-state index is -0.801. The SMILES string of the molecule is CCC(O)(CC)C1(C#N)CCC(C(C)(C)C)CC1. The first-order valence-electron chi connectivity index (χ1n) is 7.38. The van der Waals surface area contributed by atoms with Gasteiger partial charge in [-0.2, -0.15) is 5.26 Å². The average molecular weight is 251 g/mol. The predicted octanol–water partition coefficient (Wildman–Crippen LogP) is 4.28. The van der Waals surface area contributed by atoms with Crippen molar-refractivity contribution in [3.8, 4) is 6.07 Å². The Balaban J connectivity index is 2.88. The van der Waals surface area contributed by atoms with Gasteiger partial charge in [0.1, 0.15) is 0 Å². The van der Waals surface area contributed by atoms with Gasteiger partial charge in [0.25, 0.3) is 0 Å². The number of nitrogens with zero attached hydrogens (tertiary/aromatic N) is 1. The van der Waals surface area contributed by atoms with Crippen molar-refractivity contribution < 1.29 is 5.11 Å². The largest absolute Gasteiger partial charge is 0.388 e. The molecule has 0 aromatic heterocycles. The Hall–Kier alpha value is -0.550. The van der Waals surface area contributed by atoms with Crippen LogP contribution in [0, 0.1) is 28.1 Å². The van der Waals surface area contributed by atoms with E-state index in [4.69, 9.17) is 0 Å². The van der Waals surface area contributed by atoms with E-state index in [-0.39, 0.29) is 0 Å². The Morgan fingerprint density at radius 1 is 1.17 bits per heavy atom. The molecule has 1 N–H and O–H groups in total. The number of nitriles is 1. The van der Waals surface area contributed by atoms with E-state index in [1.807, 2.05) is 13.8 Å². The van der Waals surface area contributed by atoms with Crippen LogP contribution in [-0.2, 0) is 0 Å². The lowest BCUT2D eigenvalue weighted by Gasteiger charge is -2.48. The highest BCUT2D eigenvalue weighted by molar-refractivity contribution is 5.12. The maximum Gasteiger partial charge on any atom is 0.0860 e. The fourth-order valence-corrected chi connectivity index (χ4v) is 3.58. The van der Waals surface area contributed by atoms with Gasteiger partial charge in [-0.05, 0) is 49.9 Å². The molecule has 18 heavy (non-hydrogen) atoms. The molecule has 0 bridgehead atoms. The molecule has 0 atom stereocenters. The zero-order valence-corrected chi connectivity index (χ0v) is 12.7. The highest BCUT2D eigenvalue weighted by Crippen LogP contribution is 2.51. The second-order valence-corrected chi connectivity index (χ2v) is 7.07. The first-order chi connectivity index (χ1) is 8.24. The Bertz CT molecular complexity index is 309. The summed E-state index contributed by atoms with van der Waals surface area (Å²) in [6.45, 7) is 10.8. The summed E-state index contributed by atoms with van der Waals surface area (Å²) >= 11 is 0. The summed E-state index contributed by atoms with van der Waals surface area (Å²) in [5, 5.41) is 20.4. The molecule has 1 aliphatic carbocycles. The van der Waals surface area contributed by atoms with Crippen LogP contribution in [0.2, 0.25) is 0 Å². The third-order valence-corrected chi connectivity index (χ3v) is 5.34. The molecule has 0 heterocycles. The van der Waals surface area contributed by atoms with E-state index in [1.54, 1.807) is 0 Å². The molecule has 1 saturated carbocycles. The van der Waals surface area contributed by atoms with Gasteiger partial charge < -0.3 is 5.11 Å². The van der Waals surface area contributed by atoms with Gasteiger partial charge in [0.05, 0.1) is 17.1 Å². The average Bonchev–Trinajstić information content (AvgIpc) is 2.36. The van der Waals surface area contributed by atoms with Gasteiger partial charge in [-0.3, -0.25) is 0 Å². The van der Waals surface area contributed by atoms with Crippen molar-refractivity contribution in [3.05, 3.63) is 0 Å². The molecule has 0 spiro atoms. The van der Waals surface area contributed by atoms with Gasteiger partial charge in [0.2, 0.25) is 0 Å². The van der Waals surface area contributed by atoms with Crippen LogP contribution in [0.5, 0.6) is 0 Å². The molecule has 1 fully saturated rings. The van der Waals surface area contributed by atoms with Crippen LogP contribution in [0.25, 0.3) is 0 Å². The maximum absolute atomic E-state index is 10.8. The molecule has 0 aliphatic heterocycles. The number of hydrogen-bond donors (Lipinski definition) is 1. The summed E-state index contributed by atoms with van der Waals surface area (Å²) < 4.78 is 0. The van der Waals surface area contributed by atoms with Crippen molar-refractivity contribution >= 4 is 0 Å². The van der Waals surface area contributed by atoms with Crippen molar-refractivity contribution in [1.29, 1.82) is 5.26 Å². The van der Waals surface area contributed by atoms with Crippen molar-refractivity contribution in [1.82, 2.24) is 0 Å². The summed E-state index contributed by atoms with van der Waals surface area (Å²) in [6.07, 6.45) is 5.19. The Labute approximate surface area is 112 Å². The molecule has 0 amide bonds. The van der Waals surface area contributed by atoms with Crippen LogP contribution < -0.4 is 0 Å². The minimum Gasteiger partial charge on any atom is -0.388 e. The second kappa shape index (κ2) is 5.21. The molecule has 0 unspecified atom stereocenters. The second-order valence-electron chi connectivity index (χ2n) is 7.07. The van der Waals surface area contributed by atoms with E-state index in [2.05, 4.69) is 26.8 Å². The van der Waals surface area contributed by atoms with Crippen LogP contribution in [0.1, 0.15) is 73.1 Å². The van der Waals surface area contributed by atoms with E-state index in [9.17, 15) is 10.4 Å². The van der Waals surface area contributed by atoms with Crippen LogP contribution in [0.3, 0.4) is 0 Å². The summed E-state index contributed by atoms with van der Waals surface area (Å²) in [5.41, 5.74) is -0.999. The molecule has 1 rings (SSSR count). The highest BCUT2D eigenvalue weighted by atomic mass is 16.3. The first kappa shape index (κ1) is 15.5. The third kappa shape index (κ3) is 2.57. The van der Waals surface area contributed by atoms with Gasteiger partial charge in [-0.25, -0.2) is 0 Å². The Morgan fingerprint density at radius 3 is 1.89 bits per heavy atom. The zero-order chi connectivity index (χ0) is 14.0. The molecule has 1 aliphatic rings. The molecule has 0 aromatic carbocycles. The summed E-state index contributed by atoms with van der Waals surface area (Å²) in [6, 6.07) is 2.48. The standard InChI is InChI=1S/C16H29NO/c1-6-16(18,7-2)15(12-17)10-8-13(9-11-15)14(3,4)5/h13,18H,6-11H2,1-5H3. The highest BCUT2D eigenvalue weighted by Gasteiger charge is 2.51. The summed E-state index contributed by atoms with van der Waals surface area (Å²) in [5.74, 6) is 0.678. The van der Waals surface area contributed by atoms with Crippen molar-refractivity contribution in [2.75, 3.05) is 0 Å². The molecule has 104 valence electrons. The lowest BCUT2D eigenvalue weighted by Crippen LogP contribution is -2.49. The summed E-state index contributed by atoms with van der Waals surface area (Å²) in [4.78, 5) is 0. The number of rotatable bonds is 3. The van der Waals surface area contributed by atoms with E-state index < -0.39 is 11.0 Å². The van der Waals surface area contributed by atoms with Crippen LogP contribution >= 0.6 is 0 Å². The molecule has 2 heteroatoms. The van der Waals surface area contributed by atoms with E-state index >= 15 is 0 Å². The lowest BCUT2D eigenvalue weighted by molar-refractivity contribution is -0.0892. The lowest BCUT2D eigenvalue weighted by atomic mass is 9.57. The van der Waals surface area contributed by atoms with Crippen LogP contribution in [0.4, 0.5) is 0 Å². The normalized spacial score (nSPS) is 29.9. The quantitative estimate of drug-likeness (QED) is 0.813. The molecule has 0 saturated heterocycles.